The summed E-state index contributed by atoms with van der Waals surface area (Å²) >= 11 is 6.43. The topological polar surface area (TPSA) is 108 Å². The number of carbonyl (C=O) groups excluding carboxylic acids is 1. The van der Waals surface area contributed by atoms with Gasteiger partial charge < -0.3 is 19.6 Å². The second-order valence-corrected chi connectivity index (χ2v) is 11.3. The lowest BCUT2D eigenvalue weighted by Gasteiger charge is -2.36. The van der Waals surface area contributed by atoms with Crippen molar-refractivity contribution < 1.29 is 18.8 Å². The zero-order valence-corrected chi connectivity index (χ0v) is 22.9. The van der Waals surface area contributed by atoms with Crippen LogP contribution in [-0.4, -0.2) is 71.5 Å². The molecule has 1 aliphatic heterocycles. The maximum absolute atomic E-state index is 11.8. The normalized spacial score (nSPS) is 15.6. The van der Waals surface area contributed by atoms with Gasteiger partial charge in [0.1, 0.15) is 0 Å². The minimum absolute atomic E-state index is 0.0525. The molecule has 0 amide bonds. The molecule has 0 spiro atoms. The number of nitrogens with zero attached hydrogens (tertiary/aromatic N) is 4. The van der Waals surface area contributed by atoms with E-state index < -0.39 is 7.60 Å². The van der Waals surface area contributed by atoms with Crippen molar-refractivity contribution in [3.8, 4) is 11.3 Å². The minimum Gasteiger partial charge on any atom is -0.369 e. The number of carbonyl (C=O) groups is 1. The molecule has 2 aromatic carbocycles. The third-order valence-corrected chi connectivity index (χ3v) is 7.07. The van der Waals surface area contributed by atoms with Gasteiger partial charge in [0.2, 0.25) is 5.95 Å². The highest BCUT2D eigenvalue weighted by Gasteiger charge is 2.19. The largest absolute Gasteiger partial charge is 0.369 e. The van der Waals surface area contributed by atoms with Crippen LogP contribution in [0.25, 0.3) is 11.3 Å². The molecule has 38 heavy (non-hydrogen) atoms. The van der Waals surface area contributed by atoms with Crippen LogP contribution in [0.15, 0.2) is 67.4 Å². The Hall–Kier alpha value is -3.07. The number of hydrogen-bond donors (Lipinski definition) is 2. The predicted molar refractivity (Wildman–Crippen MR) is 151 cm³/mol. The summed E-state index contributed by atoms with van der Waals surface area (Å²) in [4.78, 5) is 34.6. The maximum Gasteiger partial charge on any atom is 0.325 e. The number of anilines is 3. The van der Waals surface area contributed by atoms with Crippen LogP contribution in [0, 0.1) is 0 Å². The summed E-state index contributed by atoms with van der Waals surface area (Å²) in [7, 11) is -3.44. The Bertz CT molecular complexity index is 1340. The van der Waals surface area contributed by atoms with Crippen LogP contribution in [-0.2, 0) is 20.3 Å². The number of nitrogens with one attached hydrogen (secondary N) is 1. The zero-order chi connectivity index (χ0) is 27.1. The average molecular weight is 556 g/mol. The third kappa shape index (κ3) is 7.96. The summed E-state index contributed by atoms with van der Waals surface area (Å²) in [5.74, 6) is 0.360. The molecule has 4 rings (SSSR count). The van der Waals surface area contributed by atoms with Gasteiger partial charge >= 0.3 is 7.60 Å². The van der Waals surface area contributed by atoms with Gasteiger partial charge in [-0.2, -0.15) is 0 Å². The summed E-state index contributed by atoms with van der Waals surface area (Å²) < 4.78 is 16.3. The predicted octanol–water partition coefficient (Wildman–Crippen LogP) is 4.79. The van der Waals surface area contributed by atoms with E-state index in [0.29, 0.717) is 23.2 Å². The molecule has 1 saturated heterocycles. The van der Waals surface area contributed by atoms with Crippen LogP contribution in [0.4, 0.5) is 17.3 Å². The molecule has 1 fully saturated rings. The highest BCUT2D eigenvalue weighted by atomic mass is 35.5. The summed E-state index contributed by atoms with van der Waals surface area (Å²) in [5.41, 5.74) is 4.16. The number of benzene rings is 2. The first kappa shape index (κ1) is 28.0. The first-order valence-corrected chi connectivity index (χ1v) is 14.7. The van der Waals surface area contributed by atoms with E-state index in [2.05, 4.69) is 43.8 Å². The number of piperazine rings is 1. The van der Waals surface area contributed by atoms with E-state index in [4.69, 9.17) is 16.1 Å². The fraction of sp³-hybridized carbons (Fsp3) is 0.296. The van der Waals surface area contributed by atoms with Crippen LogP contribution in [0.1, 0.15) is 5.56 Å². The van der Waals surface area contributed by atoms with Crippen LogP contribution < -0.4 is 10.2 Å². The number of hydrogen-bond acceptors (Lipinski definition) is 8. The van der Waals surface area contributed by atoms with Crippen molar-refractivity contribution in [1.29, 1.82) is 0 Å². The second kappa shape index (κ2) is 12.7. The molecule has 1 aliphatic rings. The molecule has 3 aromatic rings. The minimum atomic E-state index is -3.44. The number of halogens is 1. The molecule has 0 bridgehead atoms. The zero-order valence-electron chi connectivity index (χ0n) is 21.2. The van der Waals surface area contributed by atoms with Crippen molar-refractivity contribution in [1.82, 2.24) is 14.9 Å². The molecule has 2 heterocycles. The fourth-order valence-electron chi connectivity index (χ4n) is 4.21. The van der Waals surface area contributed by atoms with Crippen molar-refractivity contribution in [2.75, 3.05) is 56.2 Å². The lowest BCUT2D eigenvalue weighted by Crippen LogP contribution is -2.47. The second-order valence-electron chi connectivity index (χ2n) is 9.08. The Labute approximate surface area is 227 Å². The Balaban J connectivity index is 1.41. The molecule has 1 unspecified atom stereocenters. The van der Waals surface area contributed by atoms with Crippen molar-refractivity contribution in [2.45, 2.75) is 6.42 Å². The van der Waals surface area contributed by atoms with Crippen LogP contribution in [0.3, 0.4) is 0 Å². The molecule has 9 nitrogen and oxygen atoms in total. The van der Waals surface area contributed by atoms with Gasteiger partial charge in [-0.05, 0) is 35.9 Å². The van der Waals surface area contributed by atoms with Gasteiger partial charge in [0.15, 0.2) is 5.78 Å². The van der Waals surface area contributed by atoms with Gasteiger partial charge in [-0.25, -0.2) is 9.97 Å². The van der Waals surface area contributed by atoms with Crippen LogP contribution in [0.5, 0.6) is 0 Å². The molecule has 200 valence electrons. The summed E-state index contributed by atoms with van der Waals surface area (Å²) in [6, 6.07) is 15.6. The molecular weight excluding hydrogens is 525 g/mol. The van der Waals surface area contributed by atoms with E-state index in [1.165, 1.54) is 12.7 Å². The Morgan fingerprint density at radius 3 is 2.71 bits per heavy atom. The smallest absolute Gasteiger partial charge is 0.325 e. The highest BCUT2D eigenvalue weighted by Crippen LogP contribution is 2.36. The molecule has 0 saturated carbocycles. The number of aromatic nitrogens is 2. The van der Waals surface area contributed by atoms with Crippen molar-refractivity contribution >= 4 is 42.3 Å². The quantitative estimate of drug-likeness (QED) is 0.255. The molecule has 1 atom stereocenters. The van der Waals surface area contributed by atoms with Crippen molar-refractivity contribution in [3.05, 3.63) is 78.0 Å². The summed E-state index contributed by atoms with van der Waals surface area (Å²) in [5, 5.41) is 3.69. The lowest BCUT2D eigenvalue weighted by atomic mass is 10.0. The summed E-state index contributed by atoms with van der Waals surface area (Å²) in [6.07, 6.45) is 3.15. The van der Waals surface area contributed by atoms with Gasteiger partial charge in [-0.1, -0.05) is 42.4 Å². The Kier molecular flexibility index (Phi) is 9.31. The molecular formula is C27H31ClN5O4P. The summed E-state index contributed by atoms with van der Waals surface area (Å²) in [6.45, 7) is 8.93. The van der Waals surface area contributed by atoms with Crippen LogP contribution in [0.2, 0.25) is 5.02 Å². The molecule has 2 N–H and O–H groups in total. The van der Waals surface area contributed by atoms with E-state index >= 15 is 0 Å². The average Bonchev–Trinajstić information content (AvgIpc) is 2.90. The standard InChI is InChI=1S/C27H31ClN5O4P/c1-3-24(34)17-20-6-4-7-21(16-20)26-25(28)19-29-27(31-26)30-22-8-5-9-23(18-22)33-12-10-32(11-13-33)14-15-37-38(2,35)36/h3-9,16,18-19H,1,10-15,17H2,2H3,(H,35,36)(H,29,30,31). The third-order valence-electron chi connectivity index (χ3n) is 6.13. The Morgan fingerprint density at radius 2 is 1.97 bits per heavy atom. The van der Waals surface area contributed by atoms with Gasteiger partial charge in [-0.3, -0.25) is 14.3 Å². The Morgan fingerprint density at radius 1 is 1.21 bits per heavy atom. The fourth-order valence-corrected chi connectivity index (χ4v) is 4.83. The number of allylic oxidation sites excluding steroid dienone is 1. The van der Waals surface area contributed by atoms with E-state index in [-0.39, 0.29) is 18.8 Å². The van der Waals surface area contributed by atoms with E-state index in [1.807, 2.05) is 36.4 Å². The molecule has 11 heteroatoms. The lowest BCUT2D eigenvalue weighted by molar-refractivity contribution is -0.114. The van der Waals surface area contributed by atoms with Gasteiger partial charge in [0.25, 0.3) is 0 Å². The molecule has 0 aliphatic carbocycles. The number of rotatable bonds is 11. The first-order valence-electron chi connectivity index (χ1n) is 12.3. The SMILES string of the molecule is C=CC(=O)Cc1cccc(-c2nc(Nc3cccc(N4CCN(CCOP(C)(=O)O)CC4)c3)ncc2Cl)c1. The maximum atomic E-state index is 11.8. The van der Waals surface area contributed by atoms with Crippen molar-refractivity contribution in [2.24, 2.45) is 0 Å². The number of ketones is 1. The monoisotopic (exact) mass is 555 g/mol. The van der Waals surface area contributed by atoms with Gasteiger partial charge in [0, 0.05) is 62.7 Å². The van der Waals surface area contributed by atoms with Crippen molar-refractivity contribution in [3.63, 3.8) is 0 Å². The van der Waals surface area contributed by atoms with Gasteiger partial charge in [-0.15, -0.1) is 0 Å². The van der Waals surface area contributed by atoms with E-state index in [0.717, 1.165) is 48.7 Å². The highest BCUT2D eigenvalue weighted by molar-refractivity contribution is 7.51. The first-order chi connectivity index (χ1) is 18.2. The van der Waals surface area contributed by atoms with Crippen LogP contribution >= 0.6 is 19.2 Å². The van der Waals surface area contributed by atoms with E-state index in [9.17, 15) is 14.3 Å². The van der Waals surface area contributed by atoms with E-state index in [1.54, 1.807) is 6.20 Å². The molecule has 0 radical (unpaired) electrons. The molecule has 1 aromatic heterocycles. The van der Waals surface area contributed by atoms with Gasteiger partial charge in [0.05, 0.1) is 23.5 Å².